The lowest BCUT2D eigenvalue weighted by atomic mass is 9.90. The summed E-state index contributed by atoms with van der Waals surface area (Å²) in [4.78, 5) is 36.5. The Hall–Kier alpha value is -1.79. The molecule has 0 aromatic heterocycles. The number of rotatable bonds is 3. The van der Waals surface area contributed by atoms with E-state index < -0.39 is 23.6 Å². The number of hydrogen-bond acceptors (Lipinski definition) is 4. The predicted molar refractivity (Wildman–Crippen MR) is 82.9 cm³/mol. The van der Waals surface area contributed by atoms with E-state index in [-0.39, 0.29) is 24.4 Å². The minimum Gasteiger partial charge on any atom is -0.481 e. The molecule has 0 aromatic carbocycles. The van der Waals surface area contributed by atoms with Crippen molar-refractivity contribution in [3.05, 3.63) is 0 Å². The van der Waals surface area contributed by atoms with E-state index in [1.807, 2.05) is 20.8 Å². The monoisotopic (exact) mass is 326 g/mol. The SMILES string of the molecule is CC(C)(C)OC(=O)NC1CCC(N2CC(C(=O)O)CC2=O)CC1. The van der Waals surface area contributed by atoms with E-state index in [1.165, 1.54) is 0 Å². The Morgan fingerprint density at radius 1 is 1.22 bits per heavy atom. The summed E-state index contributed by atoms with van der Waals surface area (Å²) < 4.78 is 5.24. The number of carboxylic acid groups (broad SMARTS) is 1. The van der Waals surface area contributed by atoms with Gasteiger partial charge >= 0.3 is 12.1 Å². The summed E-state index contributed by atoms with van der Waals surface area (Å²) in [6.45, 7) is 5.77. The van der Waals surface area contributed by atoms with Crippen LogP contribution in [0.1, 0.15) is 52.9 Å². The zero-order chi connectivity index (χ0) is 17.2. The Balaban J connectivity index is 1.79. The van der Waals surface area contributed by atoms with E-state index >= 15 is 0 Å². The number of nitrogens with zero attached hydrogens (tertiary/aromatic N) is 1. The number of amides is 2. The lowest BCUT2D eigenvalue weighted by molar-refractivity contribution is -0.141. The molecule has 1 unspecified atom stereocenters. The molecule has 130 valence electrons. The quantitative estimate of drug-likeness (QED) is 0.824. The van der Waals surface area contributed by atoms with Crippen LogP contribution in [-0.4, -0.2) is 52.2 Å². The van der Waals surface area contributed by atoms with E-state index in [0.29, 0.717) is 6.54 Å². The van der Waals surface area contributed by atoms with Crippen LogP contribution in [0.4, 0.5) is 4.79 Å². The maximum Gasteiger partial charge on any atom is 0.407 e. The molecule has 2 aliphatic rings. The highest BCUT2D eigenvalue weighted by Crippen LogP contribution is 2.29. The summed E-state index contributed by atoms with van der Waals surface area (Å²) in [6, 6.07) is 0.137. The Labute approximate surface area is 136 Å². The maximum absolute atomic E-state index is 12.0. The van der Waals surface area contributed by atoms with Gasteiger partial charge in [-0.25, -0.2) is 4.79 Å². The van der Waals surface area contributed by atoms with Crippen molar-refractivity contribution in [1.29, 1.82) is 0 Å². The Morgan fingerprint density at radius 2 is 1.83 bits per heavy atom. The molecule has 1 aliphatic heterocycles. The van der Waals surface area contributed by atoms with Crippen LogP contribution in [0, 0.1) is 5.92 Å². The Morgan fingerprint density at radius 3 is 2.30 bits per heavy atom. The Kier molecular flexibility index (Phi) is 5.16. The second kappa shape index (κ2) is 6.76. The van der Waals surface area contributed by atoms with Gasteiger partial charge in [-0.3, -0.25) is 9.59 Å². The van der Waals surface area contributed by atoms with Gasteiger partial charge in [-0.1, -0.05) is 0 Å². The van der Waals surface area contributed by atoms with Crippen LogP contribution in [0.25, 0.3) is 0 Å². The average Bonchev–Trinajstić information content (AvgIpc) is 2.80. The fourth-order valence-electron chi connectivity index (χ4n) is 3.26. The summed E-state index contributed by atoms with van der Waals surface area (Å²) in [7, 11) is 0. The van der Waals surface area contributed by atoms with Gasteiger partial charge in [0, 0.05) is 25.0 Å². The van der Waals surface area contributed by atoms with E-state index in [0.717, 1.165) is 25.7 Å². The smallest absolute Gasteiger partial charge is 0.407 e. The van der Waals surface area contributed by atoms with Gasteiger partial charge in [-0.15, -0.1) is 0 Å². The fraction of sp³-hybridized carbons (Fsp3) is 0.812. The molecule has 7 nitrogen and oxygen atoms in total. The molecule has 2 fully saturated rings. The van der Waals surface area contributed by atoms with Crippen molar-refractivity contribution in [2.24, 2.45) is 5.92 Å². The zero-order valence-electron chi connectivity index (χ0n) is 14.0. The Bertz CT molecular complexity index is 477. The summed E-state index contributed by atoms with van der Waals surface area (Å²) in [6.07, 6.45) is 2.78. The van der Waals surface area contributed by atoms with Crippen LogP contribution in [0.3, 0.4) is 0 Å². The van der Waals surface area contributed by atoms with Crippen LogP contribution in [-0.2, 0) is 14.3 Å². The number of aliphatic carboxylic acids is 1. The molecule has 23 heavy (non-hydrogen) atoms. The molecule has 1 saturated heterocycles. The van der Waals surface area contributed by atoms with Gasteiger partial charge in [0.25, 0.3) is 0 Å². The first-order valence-electron chi connectivity index (χ1n) is 8.17. The summed E-state index contributed by atoms with van der Waals surface area (Å²) in [5.41, 5.74) is -0.519. The largest absolute Gasteiger partial charge is 0.481 e. The summed E-state index contributed by atoms with van der Waals surface area (Å²) >= 11 is 0. The van der Waals surface area contributed by atoms with Crippen molar-refractivity contribution >= 4 is 18.0 Å². The second-order valence-corrected chi connectivity index (χ2v) is 7.44. The lowest BCUT2D eigenvalue weighted by Gasteiger charge is -2.35. The van der Waals surface area contributed by atoms with Gasteiger partial charge in [0.15, 0.2) is 0 Å². The molecule has 2 rings (SSSR count). The van der Waals surface area contributed by atoms with Gasteiger partial charge in [0.05, 0.1) is 5.92 Å². The molecule has 7 heteroatoms. The topological polar surface area (TPSA) is 95.9 Å². The third-order valence-corrected chi connectivity index (χ3v) is 4.37. The molecule has 0 spiro atoms. The minimum absolute atomic E-state index is 0.0501. The number of ether oxygens (including phenoxy) is 1. The number of carbonyl (C=O) groups excluding carboxylic acids is 2. The number of carbonyl (C=O) groups is 3. The summed E-state index contributed by atoms with van der Waals surface area (Å²) in [5, 5.41) is 11.9. The van der Waals surface area contributed by atoms with Crippen molar-refractivity contribution in [3.8, 4) is 0 Å². The number of alkyl carbamates (subject to hydrolysis) is 1. The van der Waals surface area contributed by atoms with Crippen LogP contribution >= 0.6 is 0 Å². The molecule has 1 saturated carbocycles. The van der Waals surface area contributed by atoms with E-state index in [1.54, 1.807) is 4.90 Å². The molecule has 0 aromatic rings. The normalized spacial score (nSPS) is 28.6. The number of hydrogen-bond donors (Lipinski definition) is 2. The highest BCUT2D eigenvalue weighted by Gasteiger charge is 2.39. The average molecular weight is 326 g/mol. The second-order valence-electron chi connectivity index (χ2n) is 7.44. The first kappa shape index (κ1) is 17.6. The molecule has 0 radical (unpaired) electrons. The zero-order valence-corrected chi connectivity index (χ0v) is 14.0. The first-order valence-corrected chi connectivity index (χ1v) is 8.17. The molecular formula is C16H26N2O5. The summed E-state index contributed by atoms with van der Waals surface area (Å²) in [5.74, 6) is -1.55. The van der Waals surface area contributed by atoms with Gasteiger partial charge in [0.2, 0.25) is 5.91 Å². The molecule has 1 heterocycles. The van der Waals surface area contributed by atoms with Gasteiger partial charge in [0.1, 0.15) is 5.60 Å². The van der Waals surface area contributed by atoms with Crippen LogP contribution in [0.2, 0.25) is 0 Å². The minimum atomic E-state index is -0.902. The predicted octanol–water partition coefficient (Wildman–Crippen LogP) is 1.76. The number of carboxylic acids is 1. The fourth-order valence-corrected chi connectivity index (χ4v) is 3.26. The third kappa shape index (κ3) is 4.84. The van der Waals surface area contributed by atoms with Gasteiger partial charge in [-0.05, 0) is 46.5 Å². The molecule has 1 aliphatic carbocycles. The van der Waals surface area contributed by atoms with Crippen molar-refractivity contribution in [2.45, 2.75) is 70.6 Å². The maximum atomic E-state index is 12.0. The molecule has 2 N–H and O–H groups in total. The van der Waals surface area contributed by atoms with E-state index in [9.17, 15) is 14.4 Å². The van der Waals surface area contributed by atoms with Crippen molar-refractivity contribution < 1.29 is 24.2 Å². The lowest BCUT2D eigenvalue weighted by Crippen LogP contribution is -2.45. The standard InChI is InChI=1S/C16H26N2O5/c1-16(2,3)23-15(22)17-11-4-6-12(7-5-11)18-9-10(14(20)21)8-13(18)19/h10-12H,4-9H2,1-3H3,(H,17,22)(H,20,21). The van der Waals surface area contributed by atoms with Crippen molar-refractivity contribution in [1.82, 2.24) is 10.2 Å². The van der Waals surface area contributed by atoms with E-state index in [2.05, 4.69) is 5.32 Å². The number of likely N-dealkylation sites (tertiary alicyclic amines) is 1. The van der Waals surface area contributed by atoms with Crippen LogP contribution in [0.5, 0.6) is 0 Å². The highest BCUT2D eigenvalue weighted by atomic mass is 16.6. The van der Waals surface area contributed by atoms with Crippen LogP contribution < -0.4 is 5.32 Å². The van der Waals surface area contributed by atoms with Crippen LogP contribution in [0.15, 0.2) is 0 Å². The molecule has 0 bridgehead atoms. The van der Waals surface area contributed by atoms with Crippen molar-refractivity contribution in [3.63, 3.8) is 0 Å². The van der Waals surface area contributed by atoms with Crippen molar-refractivity contribution in [2.75, 3.05) is 6.54 Å². The molecule has 1 atom stereocenters. The first-order chi connectivity index (χ1) is 10.7. The molecule has 2 amide bonds. The third-order valence-electron chi connectivity index (χ3n) is 4.37. The number of nitrogens with one attached hydrogen (secondary N) is 1. The van der Waals surface area contributed by atoms with Gasteiger partial charge in [-0.2, -0.15) is 0 Å². The van der Waals surface area contributed by atoms with E-state index in [4.69, 9.17) is 9.84 Å². The van der Waals surface area contributed by atoms with Gasteiger partial charge < -0.3 is 20.1 Å². The highest BCUT2D eigenvalue weighted by molar-refractivity contribution is 5.86. The molecular weight excluding hydrogens is 300 g/mol.